The Balaban J connectivity index is 2.20. The summed E-state index contributed by atoms with van der Waals surface area (Å²) < 4.78 is 12.0. The van der Waals surface area contributed by atoms with Gasteiger partial charge in [0, 0.05) is 11.1 Å². The molecule has 0 aromatic heterocycles. The van der Waals surface area contributed by atoms with Crippen LogP contribution in [-0.2, 0) is 0 Å². The van der Waals surface area contributed by atoms with E-state index < -0.39 is 5.91 Å². The fraction of sp³-hybridized carbons (Fsp3) is 0.125. The Morgan fingerprint density at radius 2 is 1.79 bits per heavy atom. The molecule has 6 nitrogen and oxygen atoms in total. The first-order valence-corrected chi connectivity index (χ1v) is 8.29. The SMILES string of the molecule is COc1c(Br)cc(/C=N\NC(=O)c2ccc(O)cc2)c(OC)c1Br. The number of hydrogen-bond acceptors (Lipinski definition) is 5. The molecule has 0 unspecified atom stereocenters. The van der Waals surface area contributed by atoms with Gasteiger partial charge in [-0.3, -0.25) is 4.79 Å². The molecule has 2 rings (SSSR count). The second-order valence-corrected chi connectivity index (χ2v) is 6.22. The summed E-state index contributed by atoms with van der Waals surface area (Å²) in [6, 6.07) is 7.62. The molecule has 0 fully saturated rings. The van der Waals surface area contributed by atoms with Gasteiger partial charge in [-0.25, -0.2) is 5.43 Å². The van der Waals surface area contributed by atoms with E-state index in [2.05, 4.69) is 42.4 Å². The van der Waals surface area contributed by atoms with Crippen LogP contribution in [0.4, 0.5) is 0 Å². The molecule has 0 heterocycles. The first-order chi connectivity index (χ1) is 11.5. The predicted molar refractivity (Wildman–Crippen MR) is 98.1 cm³/mol. The minimum atomic E-state index is -0.392. The second-order valence-electron chi connectivity index (χ2n) is 4.57. The van der Waals surface area contributed by atoms with Gasteiger partial charge in [0.2, 0.25) is 0 Å². The largest absolute Gasteiger partial charge is 0.508 e. The first-order valence-electron chi connectivity index (χ1n) is 6.70. The minimum absolute atomic E-state index is 0.0905. The van der Waals surface area contributed by atoms with Gasteiger partial charge < -0.3 is 14.6 Å². The van der Waals surface area contributed by atoms with Crippen LogP contribution in [0.5, 0.6) is 17.2 Å². The lowest BCUT2D eigenvalue weighted by atomic mass is 10.2. The molecule has 0 bridgehead atoms. The van der Waals surface area contributed by atoms with Gasteiger partial charge in [0.15, 0.2) is 5.75 Å². The molecule has 0 aliphatic rings. The molecule has 0 aliphatic carbocycles. The van der Waals surface area contributed by atoms with Crippen molar-refractivity contribution in [3.05, 3.63) is 50.4 Å². The maximum absolute atomic E-state index is 12.0. The van der Waals surface area contributed by atoms with Gasteiger partial charge in [-0.15, -0.1) is 0 Å². The summed E-state index contributed by atoms with van der Waals surface area (Å²) in [5, 5.41) is 13.2. The summed E-state index contributed by atoms with van der Waals surface area (Å²) in [6.45, 7) is 0. The van der Waals surface area contributed by atoms with E-state index in [4.69, 9.17) is 9.47 Å². The number of rotatable bonds is 5. The fourth-order valence-corrected chi connectivity index (χ4v) is 3.57. The van der Waals surface area contributed by atoms with Crippen LogP contribution in [0.1, 0.15) is 15.9 Å². The average Bonchev–Trinajstić information content (AvgIpc) is 2.55. The molecule has 126 valence electrons. The molecule has 24 heavy (non-hydrogen) atoms. The lowest BCUT2D eigenvalue weighted by Gasteiger charge is -2.12. The van der Waals surface area contributed by atoms with Crippen LogP contribution in [0, 0.1) is 0 Å². The molecule has 2 N–H and O–H groups in total. The minimum Gasteiger partial charge on any atom is -0.508 e. The van der Waals surface area contributed by atoms with Crippen LogP contribution in [0.3, 0.4) is 0 Å². The van der Waals surface area contributed by atoms with E-state index in [1.54, 1.807) is 13.2 Å². The van der Waals surface area contributed by atoms with Crippen molar-refractivity contribution in [2.75, 3.05) is 14.2 Å². The van der Waals surface area contributed by atoms with Crippen LogP contribution in [0.25, 0.3) is 0 Å². The third kappa shape index (κ3) is 4.07. The van der Waals surface area contributed by atoms with E-state index >= 15 is 0 Å². The van der Waals surface area contributed by atoms with Crippen LogP contribution < -0.4 is 14.9 Å². The molecule has 8 heteroatoms. The number of phenolic OH excluding ortho intramolecular Hbond substituents is 1. The van der Waals surface area contributed by atoms with Crippen molar-refractivity contribution in [3.8, 4) is 17.2 Å². The van der Waals surface area contributed by atoms with Crippen LogP contribution in [0.15, 0.2) is 44.4 Å². The smallest absolute Gasteiger partial charge is 0.271 e. The highest BCUT2D eigenvalue weighted by molar-refractivity contribution is 9.11. The molecule has 0 atom stereocenters. The molecule has 2 aromatic carbocycles. The Morgan fingerprint density at radius 3 is 2.38 bits per heavy atom. The van der Waals surface area contributed by atoms with Gasteiger partial charge in [-0.05, 0) is 62.2 Å². The first kappa shape index (κ1) is 18.3. The highest BCUT2D eigenvalue weighted by Gasteiger charge is 2.15. The van der Waals surface area contributed by atoms with E-state index in [1.807, 2.05) is 0 Å². The molecule has 1 amide bonds. The normalized spacial score (nSPS) is 10.7. The van der Waals surface area contributed by atoms with Gasteiger partial charge in [-0.1, -0.05) is 0 Å². The van der Waals surface area contributed by atoms with Crippen molar-refractivity contribution in [1.82, 2.24) is 5.43 Å². The number of hydrazone groups is 1. The maximum atomic E-state index is 12.0. The molecule has 0 radical (unpaired) electrons. The summed E-state index contributed by atoms with van der Waals surface area (Å²) >= 11 is 6.82. The molecule has 2 aromatic rings. The number of aromatic hydroxyl groups is 1. The van der Waals surface area contributed by atoms with Crippen LogP contribution >= 0.6 is 31.9 Å². The van der Waals surface area contributed by atoms with Gasteiger partial charge in [-0.2, -0.15) is 5.10 Å². The Morgan fingerprint density at radius 1 is 1.17 bits per heavy atom. The van der Waals surface area contributed by atoms with Crippen molar-refractivity contribution < 1.29 is 19.4 Å². The van der Waals surface area contributed by atoms with E-state index in [1.165, 1.54) is 37.6 Å². The fourth-order valence-electron chi connectivity index (χ4n) is 1.93. The highest BCUT2D eigenvalue weighted by Crippen LogP contribution is 2.42. The zero-order valence-electron chi connectivity index (χ0n) is 12.8. The number of nitrogens with one attached hydrogen (secondary N) is 1. The van der Waals surface area contributed by atoms with Crippen molar-refractivity contribution >= 4 is 44.0 Å². The predicted octanol–water partition coefficient (Wildman–Crippen LogP) is 3.70. The van der Waals surface area contributed by atoms with E-state index in [-0.39, 0.29) is 5.75 Å². The molecule has 0 saturated carbocycles. The summed E-state index contributed by atoms with van der Waals surface area (Å²) in [5.74, 6) is 0.819. The number of hydrogen-bond donors (Lipinski definition) is 2. The Bertz CT molecular complexity index is 777. The lowest BCUT2D eigenvalue weighted by molar-refractivity contribution is 0.0955. The third-order valence-corrected chi connectivity index (χ3v) is 4.38. The quantitative estimate of drug-likeness (QED) is 0.530. The number of benzene rings is 2. The summed E-state index contributed by atoms with van der Waals surface area (Å²) in [7, 11) is 3.08. The molecule has 0 aliphatic heterocycles. The molecule has 0 saturated heterocycles. The van der Waals surface area contributed by atoms with Gasteiger partial charge >= 0.3 is 0 Å². The highest BCUT2D eigenvalue weighted by atomic mass is 79.9. The van der Waals surface area contributed by atoms with Crippen LogP contribution in [-0.4, -0.2) is 31.4 Å². The summed E-state index contributed by atoms with van der Waals surface area (Å²) in [6.07, 6.45) is 1.46. The second kappa shape index (κ2) is 8.16. The van der Waals surface area contributed by atoms with E-state index in [0.29, 0.717) is 31.6 Å². The maximum Gasteiger partial charge on any atom is 0.271 e. The summed E-state index contributed by atoms with van der Waals surface area (Å²) in [4.78, 5) is 12.0. The number of carbonyl (C=O) groups is 1. The number of nitrogens with zero attached hydrogens (tertiary/aromatic N) is 1. The van der Waals surface area contributed by atoms with E-state index in [9.17, 15) is 9.90 Å². The number of carbonyl (C=O) groups excluding carboxylic acids is 1. The van der Waals surface area contributed by atoms with Gasteiger partial charge in [0.1, 0.15) is 16.0 Å². The Hall–Kier alpha value is -2.06. The number of amides is 1. The molecule has 0 spiro atoms. The standard InChI is InChI=1S/C16H14Br2N2O4/c1-23-14-10(7-12(17)15(24-2)13(14)18)8-19-20-16(22)9-3-5-11(21)6-4-9/h3-8,21H,1-2H3,(H,20,22)/b19-8-. The van der Waals surface area contributed by atoms with Crippen molar-refractivity contribution in [2.45, 2.75) is 0 Å². The number of phenols is 1. The Kier molecular flexibility index (Phi) is 6.22. The van der Waals surface area contributed by atoms with E-state index in [0.717, 1.165) is 0 Å². The lowest BCUT2D eigenvalue weighted by Crippen LogP contribution is -2.17. The number of methoxy groups -OCH3 is 2. The average molecular weight is 458 g/mol. The van der Waals surface area contributed by atoms with Crippen molar-refractivity contribution in [1.29, 1.82) is 0 Å². The summed E-state index contributed by atoms with van der Waals surface area (Å²) in [5.41, 5.74) is 3.44. The van der Waals surface area contributed by atoms with Gasteiger partial charge in [0.25, 0.3) is 5.91 Å². The third-order valence-electron chi connectivity index (χ3n) is 3.07. The molecular weight excluding hydrogens is 444 g/mol. The van der Waals surface area contributed by atoms with Crippen molar-refractivity contribution in [3.63, 3.8) is 0 Å². The van der Waals surface area contributed by atoms with Crippen molar-refractivity contribution in [2.24, 2.45) is 5.10 Å². The monoisotopic (exact) mass is 456 g/mol. The number of ether oxygens (including phenoxy) is 2. The van der Waals surface area contributed by atoms with Gasteiger partial charge in [0.05, 0.1) is 24.9 Å². The number of halogens is 2. The Labute approximate surface area is 155 Å². The topological polar surface area (TPSA) is 80.2 Å². The van der Waals surface area contributed by atoms with Crippen LogP contribution in [0.2, 0.25) is 0 Å². The molecular formula is C16H14Br2N2O4. The zero-order chi connectivity index (χ0) is 17.7. The zero-order valence-corrected chi connectivity index (χ0v) is 16.0.